The van der Waals surface area contributed by atoms with Crippen LogP contribution < -0.4 is 15.4 Å². The van der Waals surface area contributed by atoms with E-state index in [2.05, 4.69) is 15.4 Å². The van der Waals surface area contributed by atoms with E-state index in [-0.39, 0.29) is 34.4 Å². The number of sulfonamides is 1. The number of benzene rings is 2. The SMILES string of the molecule is CC(=O)Nc1ccc(NS(C)(=O)=O)c(C(=O)NCCS(=O)(=O)c2ccccc2)c1. The van der Waals surface area contributed by atoms with Crippen LogP contribution in [0.5, 0.6) is 0 Å². The first-order valence-corrected chi connectivity index (χ1v) is 12.0. The van der Waals surface area contributed by atoms with Gasteiger partial charge in [0, 0.05) is 19.2 Å². The molecule has 11 heteroatoms. The quantitative estimate of drug-likeness (QED) is 0.565. The summed E-state index contributed by atoms with van der Waals surface area (Å²) in [5.74, 6) is -1.39. The van der Waals surface area contributed by atoms with Crippen LogP contribution in [0.4, 0.5) is 11.4 Å². The van der Waals surface area contributed by atoms with Crippen LogP contribution in [0.15, 0.2) is 53.4 Å². The van der Waals surface area contributed by atoms with Gasteiger partial charge in [-0.3, -0.25) is 14.3 Å². The lowest BCUT2D eigenvalue weighted by atomic mass is 10.1. The van der Waals surface area contributed by atoms with Gasteiger partial charge in [0.2, 0.25) is 15.9 Å². The molecular weight excluding hydrogens is 418 g/mol. The lowest BCUT2D eigenvalue weighted by Crippen LogP contribution is -2.30. The van der Waals surface area contributed by atoms with Crippen molar-refractivity contribution in [2.75, 3.05) is 28.6 Å². The molecule has 156 valence electrons. The molecule has 9 nitrogen and oxygen atoms in total. The van der Waals surface area contributed by atoms with E-state index < -0.39 is 25.8 Å². The molecule has 0 aliphatic heterocycles. The lowest BCUT2D eigenvalue weighted by molar-refractivity contribution is -0.114. The molecule has 0 radical (unpaired) electrons. The van der Waals surface area contributed by atoms with E-state index in [9.17, 15) is 26.4 Å². The summed E-state index contributed by atoms with van der Waals surface area (Å²) in [4.78, 5) is 23.9. The topological polar surface area (TPSA) is 139 Å². The zero-order chi connectivity index (χ0) is 21.7. The predicted molar refractivity (Wildman–Crippen MR) is 110 cm³/mol. The van der Waals surface area contributed by atoms with Crippen molar-refractivity contribution >= 4 is 43.0 Å². The number of amides is 2. The van der Waals surface area contributed by atoms with Crippen LogP contribution in [0.2, 0.25) is 0 Å². The van der Waals surface area contributed by atoms with Crippen molar-refractivity contribution < 1.29 is 26.4 Å². The summed E-state index contributed by atoms with van der Waals surface area (Å²) in [7, 11) is -7.25. The molecule has 0 bridgehead atoms. The molecular formula is C18H21N3O6S2. The maximum Gasteiger partial charge on any atom is 0.253 e. The molecule has 0 saturated heterocycles. The summed E-state index contributed by atoms with van der Waals surface area (Å²) in [5, 5.41) is 4.97. The summed E-state index contributed by atoms with van der Waals surface area (Å²) in [6, 6.07) is 11.9. The number of anilines is 2. The van der Waals surface area contributed by atoms with Crippen molar-refractivity contribution in [3.05, 3.63) is 54.1 Å². The monoisotopic (exact) mass is 439 g/mol. The fraction of sp³-hybridized carbons (Fsp3) is 0.222. The van der Waals surface area contributed by atoms with E-state index in [0.717, 1.165) is 6.26 Å². The number of hydrogen-bond acceptors (Lipinski definition) is 6. The third-order valence-corrected chi connectivity index (χ3v) is 5.96. The van der Waals surface area contributed by atoms with E-state index in [1.165, 1.54) is 37.3 Å². The lowest BCUT2D eigenvalue weighted by Gasteiger charge is -2.13. The highest BCUT2D eigenvalue weighted by molar-refractivity contribution is 7.92. The number of hydrogen-bond donors (Lipinski definition) is 3. The molecule has 3 N–H and O–H groups in total. The number of carbonyl (C=O) groups excluding carboxylic acids is 2. The first-order chi connectivity index (χ1) is 13.5. The van der Waals surface area contributed by atoms with Gasteiger partial charge in [0.25, 0.3) is 5.91 Å². The molecule has 0 aliphatic carbocycles. The Morgan fingerprint density at radius 2 is 1.62 bits per heavy atom. The van der Waals surface area contributed by atoms with Crippen molar-refractivity contribution in [2.45, 2.75) is 11.8 Å². The second kappa shape index (κ2) is 9.05. The highest BCUT2D eigenvalue weighted by Crippen LogP contribution is 2.22. The number of rotatable bonds is 8. The number of nitrogens with one attached hydrogen (secondary N) is 3. The van der Waals surface area contributed by atoms with Gasteiger partial charge in [0.15, 0.2) is 9.84 Å². The van der Waals surface area contributed by atoms with Crippen molar-refractivity contribution in [3.8, 4) is 0 Å². The van der Waals surface area contributed by atoms with Crippen LogP contribution in [0.3, 0.4) is 0 Å². The Labute approximate surface area is 169 Å². The summed E-state index contributed by atoms with van der Waals surface area (Å²) < 4.78 is 49.9. The average Bonchev–Trinajstić information content (AvgIpc) is 2.62. The zero-order valence-corrected chi connectivity index (χ0v) is 17.4. The summed E-state index contributed by atoms with van der Waals surface area (Å²) >= 11 is 0. The zero-order valence-electron chi connectivity index (χ0n) is 15.8. The Balaban J connectivity index is 2.18. The van der Waals surface area contributed by atoms with Crippen molar-refractivity contribution in [1.29, 1.82) is 0 Å². The predicted octanol–water partition coefficient (Wildman–Crippen LogP) is 1.22. The molecule has 29 heavy (non-hydrogen) atoms. The first kappa shape index (κ1) is 22.4. The largest absolute Gasteiger partial charge is 0.351 e. The molecule has 0 heterocycles. The number of sulfone groups is 1. The van der Waals surface area contributed by atoms with E-state index in [4.69, 9.17) is 0 Å². The Bertz CT molecular complexity index is 1110. The molecule has 0 aromatic heterocycles. The Hall–Kier alpha value is -2.92. The summed E-state index contributed by atoms with van der Waals surface area (Å²) in [6.07, 6.45) is 0.933. The van der Waals surface area contributed by atoms with Gasteiger partial charge in [0.1, 0.15) is 0 Å². The maximum absolute atomic E-state index is 12.6. The van der Waals surface area contributed by atoms with Gasteiger partial charge in [-0.25, -0.2) is 16.8 Å². The third-order valence-electron chi connectivity index (χ3n) is 3.64. The Morgan fingerprint density at radius 1 is 0.966 bits per heavy atom. The van der Waals surface area contributed by atoms with E-state index in [0.29, 0.717) is 5.69 Å². The summed E-state index contributed by atoms with van der Waals surface area (Å²) in [6.45, 7) is 1.11. The molecule has 0 spiro atoms. The fourth-order valence-corrected chi connectivity index (χ4v) is 4.20. The van der Waals surface area contributed by atoms with Gasteiger partial charge in [-0.2, -0.15) is 0 Å². The van der Waals surface area contributed by atoms with Crippen molar-refractivity contribution in [3.63, 3.8) is 0 Å². The molecule has 0 unspecified atom stereocenters. The van der Waals surface area contributed by atoms with Gasteiger partial charge < -0.3 is 10.6 Å². The van der Waals surface area contributed by atoms with E-state index >= 15 is 0 Å². The van der Waals surface area contributed by atoms with Crippen LogP contribution in [0, 0.1) is 0 Å². The molecule has 0 aliphatic rings. The van der Waals surface area contributed by atoms with Crippen molar-refractivity contribution in [2.24, 2.45) is 0 Å². The van der Waals surface area contributed by atoms with Crippen LogP contribution >= 0.6 is 0 Å². The van der Waals surface area contributed by atoms with Gasteiger partial charge >= 0.3 is 0 Å². The first-order valence-electron chi connectivity index (χ1n) is 8.43. The second-order valence-electron chi connectivity index (χ2n) is 6.20. The average molecular weight is 440 g/mol. The number of carbonyl (C=O) groups is 2. The minimum absolute atomic E-state index is 0.00465. The Kier molecular flexibility index (Phi) is 6.98. The smallest absolute Gasteiger partial charge is 0.253 e. The molecule has 0 fully saturated rings. The van der Waals surface area contributed by atoms with Crippen LogP contribution in [0.1, 0.15) is 17.3 Å². The molecule has 2 aromatic rings. The van der Waals surface area contributed by atoms with Gasteiger partial charge in [-0.1, -0.05) is 18.2 Å². The second-order valence-corrected chi connectivity index (χ2v) is 10.1. The van der Waals surface area contributed by atoms with Crippen LogP contribution in [-0.2, 0) is 24.7 Å². The van der Waals surface area contributed by atoms with Crippen LogP contribution in [-0.4, -0.2) is 47.2 Å². The van der Waals surface area contributed by atoms with Gasteiger partial charge in [0.05, 0.1) is 28.2 Å². The highest BCUT2D eigenvalue weighted by atomic mass is 32.2. The minimum atomic E-state index is -3.66. The Morgan fingerprint density at radius 3 is 2.21 bits per heavy atom. The third kappa shape index (κ3) is 6.88. The standard InChI is InChI=1S/C18H21N3O6S2/c1-13(22)20-14-8-9-17(21-28(2,24)25)16(12-14)18(23)19-10-11-29(26,27)15-6-4-3-5-7-15/h3-9,12,21H,10-11H2,1-2H3,(H,19,23)(H,20,22). The van der Waals surface area contributed by atoms with Gasteiger partial charge in [-0.15, -0.1) is 0 Å². The molecule has 2 amide bonds. The maximum atomic E-state index is 12.6. The highest BCUT2D eigenvalue weighted by Gasteiger charge is 2.18. The molecule has 2 aromatic carbocycles. The van der Waals surface area contributed by atoms with E-state index in [1.54, 1.807) is 18.2 Å². The molecule has 0 atom stereocenters. The van der Waals surface area contributed by atoms with Crippen LogP contribution in [0.25, 0.3) is 0 Å². The van der Waals surface area contributed by atoms with E-state index in [1.807, 2.05) is 0 Å². The normalized spacial score (nSPS) is 11.5. The molecule has 0 saturated carbocycles. The summed E-state index contributed by atoms with van der Waals surface area (Å²) in [5.41, 5.74) is 0.238. The van der Waals surface area contributed by atoms with Crippen molar-refractivity contribution in [1.82, 2.24) is 5.32 Å². The molecule has 2 rings (SSSR count). The fourth-order valence-electron chi connectivity index (χ4n) is 2.44. The van der Waals surface area contributed by atoms with Gasteiger partial charge in [-0.05, 0) is 30.3 Å². The minimum Gasteiger partial charge on any atom is -0.351 e.